The van der Waals surface area contributed by atoms with Gasteiger partial charge < -0.3 is 19.2 Å². The number of imidazole rings is 1. The van der Waals surface area contributed by atoms with Crippen molar-refractivity contribution in [2.45, 2.75) is 32.2 Å². The van der Waals surface area contributed by atoms with Gasteiger partial charge in [0.2, 0.25) is 0 Å². The number of aromatic amines is 1. The Bertz CT molecular complexity index is 1320. The van der Waals surface area contributed by atoms with Crippen LogP contribution in [0.5, 0.6) is 5.75 Å². The lowest BCUT2D eigenvalue weighted by atomic mass is 9.93. The van der Waals surface area contributed by atoms with Crippen molar-refractivity contribution in [1.29, 1.82) is 0 Å². The molecule has 4 aromatic rings. The molecule has 2 aromatic heterocycles. The van der Waals surface area contributed by atoms with Gasteiger partial charge in [0.25, 0.3) is 5.56 Å². The van der Waals surface area contributed by atoms with Crippen molar-refractivity contribution < 1.29 is 9.13 Å². The van der Waals surface area contributed by atoms with Crippen LogP contribution in [0.25, 0.3) is 11.2 Å². The fourth-order valence-corrected chi connectivity index (χ4v) is 4.84. The van der Waals surface area contributed by atoms with Crippen molar-refractivity contribution in [2.24, 2.45) is 5.92 Å². The van der Waals surface area contributed by atoms with Crippen molar-refractivity contribution >= 4 is 11.2 Å². The maximum atomic E-state index is 13.4. The standard InChI is InChI=1S/C27H30FN5O2/c1-35-23-8-4-19(5-9-23)10-13-32-14-11-20(12-15-32)16-24-31-25-26(29-18-30-27(25)34)33(24)17-21-2-6-22(28)7-3-21/h2-9,18,20H,10-17H2,1H3,(H,29,30,34). The fraction of sp³-hybridized carbons (Fsp3) is 0.370. The molecule has 0 saturated carbocycles. The van der Waals surface area contributed by atoms with Crippen LogP contribution in [0.4, 0.5) is 4.39 Å². The van der Waals surface area contributed by atoms with Crippen molar-refractivity contribution in [3.05, 3.63) is 88.0 Å². The molecular weight excluding hydrogens is 445 g/mol. The number of nitrogens with one attached hydrogen (secondary N) is 1. The number of methoxy groups -OCH3 is 1. The van der Waals surface area contributed by atoms with E-state index in [9.17, 15) is 9.18 Å². The normalized spacial score (nSPS) is 15.0. The van der Waals surface area contributed by atoms with Gasteiger partial charge in [-0.25, -0.2) is 14.4 Å². The summed E-state index contributed by atoms with van der Waals surface area (Å²) >= 11 is 0. The lowest BCUT2D eigenvalue weighted by Gasteiger charge is -2.32. The number of fused-ring (bicyclic) bond motifs is 1. The van der Waals surface area contributed by atoms with E-state index in [-0.39, 0.29) is 11.4 Å². The number of nitrogens with zero attached hydrogens (tertiary/aromatic N) is 4. The number of halogens is 1. The zero-order valence-corrected chi connectivity index (χ0v) is 19.9. The Balaban J connectivity index is 1.24. The molecule has 1 aliphatic rings. The Morgan fingerprint density at radius 2 is 1.77 bits per heavy atom. The molecule has 0 unspecified atom stereocenters. The molecule has 0 amide bonds. The van der Waals surface area contributed by atoms with Gasteiger partial charge in [-0.15, -0.1) is 0 Å². The van der Waals surface area contributed by atoms with E-state index >= 15 is 0 Å². The van der Waals surface area contributed by atoms with E-state index in [1.165, 1.54) is 24.0 Å². The highest BCUT2D eigenvalue weighted by Gasteiger charge is 2.23. The van der Waals surface area contributed by atoms with Crippen LogP contribution in [0.15, 0.2) is 59.7 Å². The first-order chi connectivity index (χ1) is 17.1. The average Bonchev–Trinajstić information content (AvgIpc) is 3.23. The molecule has 182 valence electrons. The third-order valence-corrected chi connectivity index (χ3v) is 6.93. The monoisotopic (exact) mass is 475 g/mol. The van der Waals surface area contributed by atoms with Crippen LogP contribution in [-0.4, -0.2) is 51.2 Å². The first-order valence-electron chi connectivity index (χ1n) is 12.1. The summed E-state index contributed by atoms with van der Waals surface area (Å²) in [6.07, 6.45) is 5.41. The van der Waals surface area contributed by atoms with Gasteiger partial charge in [-0.05, 0) is 73.7 Å². The average molecular weight is 476 g/mol. The molecule has 0 bridgehead atoms. The zero-order chi connectivity index (χ0) is 24.2. The van der Waals surface area contributed by atoms with Gasteiger partial charge in [0, 0.05) is 13.0 Å². The molecule has 1 saturated heterocycles. The first-order valence-corrected chi connectivity index (χ1v) is 12.1. The smallest absolute Gasteiger partial charge is 0.278 e. The van der Waals surface area contributed by atoms with Gasteiger partial charge in [-0.3, -0.25) is 4.79 Å². The molecule has 0 atom stereocenters. The van der Waals surface area contributed by atoms with Crippen LogP contribution < -0.4 is 10.3 Å². The van der Waals surface area contributed by atoms with Gasteiger partial charge in [-0.2, -0.15) is 0 Å². The molecule has 3 heterocycles. The van der Waals surface area contributed by atoms with Crippen molar-refractivity contribution in [1.82, 2.24) is 24.4 Å². The van der Waals surface area contributed by atoms with Crippen LogP contribution >= 0.6 is 0 Å². The summed E-state index contributed by atoms with van der Waals surface area (Å²) in [5.74, 6) is 1.98. The minimum atomic E-state index is -0.266. The molecule has 1 N–H and O–H groups in total. The van der Waals surface area contributed by atoms with Gasteiger partial charge in [-0.1, -0.05) is 24.3 Å². The van der Waals surface area contributed by atoms with Gasteiger partial charge in [0.15, 0.2) is 11.2 Å². The second-order valence-electron chi connectivity index (χ2n) is 9.23. The highest BCUT2D eigenvalue weighted by molar-refractivity contribution is 5.70. The summed E-state index contributed by atoms with van der Waals surface area (Å²) in [6.45, 7) is 3.65. The highest BCUT2D eigenvalue weighted by atomic mass is 19.1. The summed E-state index contributed by atoms with van der Waals surface area (Å²) in [5.41, 5.74) is 2.97. The fourth-order valence-electron chi connectivity index (χ4n) is 4.84. The topological polar surface area (TPSA) is 76.0 Å². The SMILES string of the molecule is COc1ccc(CCN2CCC(Cc3nc4c(=O)[nH]cnc4n3Cc3ccc(F)cc3)CC2)cc1. The second kappa shape index (κ2) is 10.4. The predicted octanol–water partition coefficient (Wildman–Crippen LogP) is 3.81. The maximum absolute atomic E-state index is 13.4. The maximum Gasteiger partial charge on any atom is 0.278 e. The van der Waals surface area contributed by atoms with Crippen LogP contribution in [0.1, 0.15) is 29.8 Å². The largest absolute Gasteiger partial charge is 0.497 e. The molecule has 0 aliphatic carbocycles. The molecular formula is C27H30FN5O2. The number of hydrogen-bond donors (Lipinski definition) is 1. The van der Waals surface area contributed by atoms with E-state index in [4.69, 9.17) is 4.74 Å². The summed E-state index contributed by atoms with van der Waals surface area (Å²) in [5, 5.41) is 0. The number of ether oxygens (including phenoxy) is 1. The van der Waals surface area contributed by atoms with Gasteiger partial charge >= 0.3 is 0 Å². The molecule has 5 rings (SSSR count). The Morgan fingerprint density at radius 3 is 2.49 bits per heavy atom. The van der Waals surface area contributed by atoms with Crippen molar-refractivity contribution in [3.8, 4) is 5.75 Å². The number of aromatic nitrogens is 4. The Hall–Kier alpha value is -3.52. The van der Waals surface area contributed by atoms with E-state index in [0.29, 0.717) is 23.6 Å². The van der Waals surface area contributed by atoms with E-state index in [1.54, 1.807) is 19.2 Å². The molecule has 2 aromatic carbocycles. The zero-order valence-electron chi connectivity index (χ0n) is 19.9. The van der Waals surface area contributed by atoms with Crippen molar-refractivity contribution in [3.63, 3.8) is 0 Å². The lowest BCUT2D eigenvalue weighted by Crippen LogP contribution is -2.36. The van der Waals surface area contributed by atoms with Crippen LogP contribution in [0.3, 0.4) is 0 Å². The molecule has 0 radical (unpaired) electrons. The number of rotatable bonds is 8. The quantitative estimate of drug-likeness (QED) is 0.419. The van der Waals surface area contributed by atoms with E-state index in [0.717, 1.165) is 62.5 Å². The second-order valence-corrected chi connectivity index (χ2v) is 9.23. The molecule has 0 spiro atoms. The van der Waals surface area contributed by atoms with Crippen LogP contribution in [0.2, 0.25) is 0 Å². The third-order valence-electron chi connectivity index (χ3n) is 6.93. The van der Waals surface area contributed by atoms with Gasteiger partial charge in [0.05, 0.1) is 20.0 Å². The number of likely N-dealkylation sites (tertiary alicyclic amines) is 1. The minimum Gasteiger partial charge on any atom is -0.497 e. The number of H-pyrrole nitrogens is 1. The molecule has 7 nitrogen and oxygen atoms in total. The lowest BCUT2D eigenvalue weighted by molar-refractivity contribution is 0.184. The highest BCUT2D eigenvalue weighted by Crippen LogP contribution is 2.24. The third kappa shape index (κ3) is 5.43. The number of piperidine rings is 1. The first kappa shape index (κ1) is 23.2. The van der Waals surface area contributed by atoms with Crippen LogP contribution in [-0.2, 0) is 19.4 Å². The Morgan fingerprint density at radius 1 is 1.06 bits per heavy atom. The minimum absolute atomic E-state index is 0.234. The molecule has 8 heteroatoms. The summed E-state index contributed by atoms with van der Waals surface area (Å²) in [4.78, 5) is 26.6. The van der Waals surface area contributed by atoms with Gasteiger partial charge in [0.1, 0.15) is 17.4 Å². The number of hydrogen-bond acceptors (Lipinski definition) is 5. The van der Waals surface area contributed by atoms with E-state index in [1.807, 2.05) is 16.7 Å². The molecule has 1 fully saturated rings. The molecule has 35 heavy (non-hydrogen) atoms. The summed E-state index contributed by atoms with van der Waals surface area (Å²) in [7, 11) is 1.69. The predicted molar refractivity (Wildman–Crippen MR) is 133 cm³/mol. The number of benzene rings is 2. The Labute approximate surface area is 203 Å². The summed E-state index contributed by atoms with van der Waals surface area (Å²) < 4.78 is 20.6. The van der Waals surface area contributed by atoms with Crippen molar-refractivity contribution in [2.75, 3.05) is 26.7 Å². The summed E-state index contributed by atoms with van der Waals surface area (Å²) in [6, 6.07) is 14.7. The molecule has 1 aliphatic heterocycles. The van der Waals surface area contributed by atoms with E-state index < -0.39 is 0 Å². The van der Waals surface area contributed by atoms with E-state index in [2.05, 4.69) is 32.0 Å². The Kier molecular flexibility index (Phi) is 6.90. The van der Waals surface area contributed by atoms with Crippen LogP contribution in [0, 0.1) is 11.7 Å².